The van der Waals surface area contributed by atoms with E-state index in [9.17, 15) is 10.1 Å². The van der Waals surface area contributed by atoms with Crippen molar-refractivity contribution in [2.45, 2.75) is 5.22 Å². The number of carbonyl (C=O) groups is 1. The monoisotopic (exact) mass is 542 g/mol. The van der Waals surface area contributed by atoms with Crippen LogP contribution in [0.3, 0.4) is 0 Å². The van der Waals surface area contributed by atoms with Crippen molar-refractivity contribution in [2.24, 2.45) is 0 Å². The van der Waals surface area contributed by atoms with E-state index >= 15 is 0 Å². The Balaban J connectivity index is 1.36. The average Bonchev–Trinajstić information content (AvgIpc) is 3.57. The van der Waals surface area contributed by atoms with Gasteiger partial charge in [0.1, 0.15) is 23.1 Å². The summed E-state index contributed by atoms with van der Waals surface area (Å²) in [6.07, 6.45) is 0. The molecule has 0 radical (unpaired) electrons. The summed E-state index contributed by atoms with van der Waals surface area (Å²) in [6, 6.07) is 26.1. The van der Waals surface area contributed by atoms with Crippen molar-refractivity contribution in [1.82, 2.24) is 10.2 Å². The molecule has 0 unspecified atom stereocenters. The molecule has 0 saturated heterocycles. The van der Waals surface area contributed by atoms with Gasteiger partial charge in [0.2, 0.25) is 11.8 Å². The smallest absolute Gasteiger partial charge is 0.277 e. The number of furan rings is 1. The van der Waals surface area contributed by atoms with Gasteiger partial charge in [-0.3, -0.25) is 10.1 Å². The fraction of sp³-hybridized carbons (Fsp3) is 0.0714. The molecule has 188 valence electrons. The minimum absolute atomic E-state index is 0.0543. The zero-order chi connectivity index (χ0) is 26.5. The van der Waals surface area contributed by atoms with Gasteiger partial charge in [0, 0.05) is 16.1 Å². The lowest BCUT2D eigenvalue weighted by Crippen LogP contribution is -2.14. The minimum Gasteiger partial charge on any atom is -0.496 e. The number of benzene rings is 3. The summed E-state index contributed by atoms with van der Waals surface area (Å²) < 4.78 is 17.1. The number of aromatic nitrogens is 2. The number of thioether (sulfide) groups is 1. The van der Waals surface area contributed by atoms with Crippen molar-refractivity contribution in [1.29, 1.82) is 5.26 Å². The quantitative estimate of drug-likeness (QED) is 0.210. The third-order valence-corrected chi connectivity index (χ3v) is 6.55. The van der Waals surface area contributed by atoms with Gasteiger partial charge < -0.3 is 13.6 Å². The van der Waals surface area contributed by atoms with Crippen molar-refractivity contribution in [3.63, 3.8) is 0 Å². The number of rotatable bonds is 8. The van der Waals surface area contributed by atoms with Crippen LogP contribution in [0.4, 0.5) is 5.88 Å². The van der Waals surface area contributed by atoms with Crippen LogP contribution in [0.5, 0.6) is 5.75 Å². The SMILES string of the molecule is COc1ccc(Cl)cc1-c1nnc(SCC(=O)Nc2oc(-c3ccccc3)c(-c3ccccc3)c2C#N)o1. The summed E-state index contributed by atoms with van der Waals surface area (Å²) in [7, 11) is 1.53. The third-order valence-electron chi connectivity index (χ3n) is 5.50. The number of hydrogen-bond acceptors (Lipinski definition) is 8. The van der Waals surface area contributed by atoms with E-state index in [-0.39, 0.29) is 28.3 Å². The molecule has 2 heterocycles. The van der Waals surface area contributed by atoms with E-state index in [0.717, 1.165) is 22.9 Å². The number of ether oxygens (including phenoxy) is 1. The first-order valence-corrected chi connectivity index (χ1v) is 12.7. The predicted molar refractivity (Wildman–Crippen MR) is 145 cm³/mol. The van der Waals surface area contributed by atoms with Crippen LogP contribution in [-0.4, -0.2) is 29.0 Å². The lowest BCUT2D eigenvalue weighted by molar-refractivity contribution is -0.113. The largest absolute Gasteiger partial charge is 0.496 e. The molecule has 2 aromatic heterocycles. The Morgan fingerprint density at radius 1 is 1.03 bits per heavy atom. The van der Waals surface area contributed by atoms with Crippen LogP contribution in [-0.2, 0) is 4.79 Å². The molecule has 0 fully saturated rings. The summed E-state index contributed by atoms with van der Waals surface area (Å²) >= 11 is 7.14. The molecule has 1 N–H and O–H groups in total. The molecule has 38 heavy (non-hydrogen) atoms. The molecule has 0 bridgehead atoms. The van der Waals surface area contributed by atoms with Crippen LogP contribution in [0.2, 0.25) is 5.02 Å². The van der Waals surface area contributed by atoms with Gasteiger partial charge in [-0.05, 0) is 23.8 Å². The Morgan fingerprint density at radius 3 is 2.42 bits per heavy atom. The van der Waals surface area contributed by atoms with Gasteiger partial charge in [0.15, 0.2) is 0 Å². The Bertz CT molecular complexity index is 1630. The van der Waals surface area contributed by atoms with Crippen molar-refractivity contribution >= 4 is 35.2 Å². The summed E-state index contributed by atoms with van der Waals surface area (Å²) in [5.74, 6) is 0.850. The van der Waals surface area contributed by atoms with Gasteiger partial charge in [-0.15, -0.1) is 10.2 Å². The molecule has 0 aliphatic carbocycles. The lowest BCUT2D eigenvalue weighted by atomic mass is 9.98. The zero-order valence-corrected chi connectivity index (χ0v) is 21.5. The topological polar surface area (TPSA) is 114 Å². The van der Waals surface area contributed by atoms with E-state index in [0.29, 0.717) is 27.7 Å². The number of methoxy groups -OCH3 is 1. The van der Waals surface area contributed by atoms with E-state index in [1.165, 1.54) is 7.11 Å². The lowest BCUT2D eigenvalue weighted by Gasteiger charge is -2.04. The second kappa shape index (κ2) is 11.3. The van der Waals surface area contributed by atoms with Crippen LogP contribution < -0.4 is 10.1 Å². The number of halogens is 1. The summed E-state index contributed by atoms with van der Waals surface area (Å²) in [6.45, 7) is 0. The highest BCUT2D eigenvalue weighted by atomic mass is 35.5. The van der Waals surface area contributed by atoms with Crippen molar-refractivity contribution in [2.75, 3.05) is 18.2 Å². The van der Waals surface area contributed by atoms with E-state index in [1.54, 1.807) is 18.2 Å². The number of carbonyl (C=O) groups excluding carboxylic acids is 1. The maximum atomic E-state index is 12.8. The van der Waals surface area contributed by atoms with Crippen LogP contribution in [0.25, 0.3) is 33.9 Å². The third kappa shape index (κ3) is 5.27. The highest BCUT2D eigenvalue weighted by Gasteiger charge is 2.24. The molecule has 0 aliphatic rings. The van der Waals surface area contributed by atoms with Gasteiger partial charge in [-0.1, -0.05) is 84.0 Å². The maximum Gasteiger partial charge on any atom is 0.277 e. The Kier molecular flexibility index (Phi) is 7.45. The molecular weight excluding hydrogens is 524 g/mol. The summed E-state index contributed by atoms with van der Waals surface area (Å²) in [5, 5.41) is 21.4. The molecule has 0 spiro atoms. The molecule has 0 atom stereocenters. The molecule has 5 rings (SSSR count). The number of nitriles is 1. The predicted octanol–water partition coefficient (Wildman–Crippen LogP) is 6.93. The van der Waals surface area contributed by atoms with Crippen LogP contribution >= 0.6 is 23.4 Å². The van der Waals surface area contributed by atoms with Gasteiger partial charge >= 0.3 is 0 Å². The molecule has 0 saturated carbocycles. The molecule has 5 aromatic rings. The number of hydrogen-bond donors (Lipinski definition) is 1. The Morgan fingerprint density at radius 2 is 1.74 bits per heavy atom. The van der Waals surface area contributed by atoms with Gasteiger partial charge in [0.05, 0.1) is 18.4 Å². The normalized spacial score (nSPS) is 10.7. The number of nitrogens with zero attached hydrogens (tertiary/aromatic N) is 3. The zero-order valence-electron chi connectivity index (χ0n) is 20.0. The second-order valence-corrected chi connectivity index (χ2v) is 9.27. The van der Waals surface area contributed by atoms with E-state index < -0.39 is 5.91 Å². The van der Waals surface area contributed by atoms with Gasteiger partial charge in [-0.25, -0.2) is 0 Å². The second-order valence-electron chi connectivity index (χ2n) is 7.91. The molecule has 1 amide bonds. The number of nitrogens with one attached hydrogen (secondary N) is 1. The molecule has 3 aromatic carbocycles. The minimum atomic E-state index is -0.403. The van der Waals surface area contributed by atoms with Gasteiger partial charge in [-0.2, -0.15) is 5.26 Å². The highest BCUT2D eigenvalue weighted by Crippen LogP contribution is 2.41. The van der Waals surface area contributed by atoms with Crippen molar-refractivity contribution < 1.29 is 18.4 Å². The van der Waals surface area contributed by atoms with Crippen molar-refractivity contribution in [3.8, 4) is 45.7 Å². The van der Waals surface area contributed by atoms with Gasteiger partial charge in [0.25, 0.3) is 11.1 Å². The Hall–Kier alpha value is -4.52. The number of anilines is 1. The van der Waals surface area contributed by atoms with E-state index in [4.69, 9.17) is 25.2 Å². The average molecular weight is 543 g/mol. The fourth-order valence-electron chi connectivity index (χ4n) is 3.81. The van der Waals surface area contributed by atoms with E-state index in [2.05, 4.69) is 21.6 Å². The molecule has 8 nitrogen and oxygen atoms in total. The highest BCUT2D eigenvalue weighted by molar-refractivity contribution is 7.99. The van der Waals surface area contributed by atoms with Crippen molar-refractivity contribution in [3.05, 3.63) is 89.4 Å². The van der Waals surface area contributed by atoms with Crippen LogP contribution in [0.15, 0.2) is 92.9 Å². The molecule has 10 heteroatoms. The summed E-state index contributed by atoms with van der Waals surface area (Å²) in [5.41, 5.74) is 2.98. The Labute approximate surface area is 227 Å². The fourth-order valence-corrected chi connectivity index (χ4v) is 4.55. The summed E-state index contributed by atoms with van der Waals surface area (Å²) in [4.78, 5) is 12.8. The first-order valence-electron chi connectivity index (χ1n) is 11.3. The standard InChI is InChI=1S/C28H19ClN4O4S/c1-35-22-13-12-19(29)14-20(22)27-32-33-28(37-27)38-16-23(34)31-26-21(15-30)24(17-8-4-2-5-9-17)25(36-26)18-10-6-3-7-11-18/h2-14H,16H2,1H3,(H,31,34). The maximum absolute atomic E-state index is 12.8. The molecular formula is C28H19ClN4O4S. The number of amides is 1. The first kappa shape index (κ1) is 25.1. The van der Waals surface area contributed by atoms with E-state index in [1.807, 2.05) is 60.7 Å². The van der Waals surface area contributed by atoms with Crippen LogP contribution in [0.1, 0.15) is 5.56 Å². The first-order chi connectivity index (χ1) is 18.6. The van der Waals surface area contributed by atoms with Crippen LogP contribution in [0, 0.1) is 11.3 Å². The molecule has 0 aliphatic heterocycles.